The van der Waals surface area contributed by atoms with Gasteiger partial charge in [-0.2, -0.15) is 23.5 Å². The van der Waals surface area contributed by atoms with Gasteiger partial charge < -0.3 is 10.2 Å². The molecule has 0 radical (unpaired) electrons. The molecule has 0 saturated heterocycles. The smallest absolute Gasteiger partial charge is 0.0558 e. The van der Waals surface area contributed by atoms with E-state index < -0.39 is 0 Å². The van der Waals surface area contributed by atoms with Crippen molar-refractivity contribution in [3.8, 4) is 0 Å². The van der Waals surface area contributed by atoms with E-state index in [2.05, 4.69) is 0 Å². The Kier molecular flexibility index (Phi) is 15.2. The molecule has 0 aromatic heterocycles. The summed E-state index contributed by atoms with van der Waals surface area (Å²) < 4.78 is 0. The van der Waals surface area contributed by atoms with E-state index in [1.54, 1.807) is 35.3 Å². The average Bonchev–Trinajstić information content (AvgIpc) is 2.36. The highest BCUT2D eigenvalue weighted by atomic mass is 35.5. The lowest BCUT2D eigenvalue weighted by Crippen LogP contribution is -2.20. The lowest BCUT2D eigenvalue weighted by atomic mass is 10.5. The molecule has 7 heteroatoms. The number of hydrogen-bond acceptors (Lipinski definition) is 5. The van der Waals surface area contributed by atoms with Crippen LogP contribution in [-0.4, -0.2) is 68.7 Å². The Morgan fingerprint density at radius 3 is 2.12 bits per heavy atom. The van der Waals surface area contributed by atoms with Gasteiger partial charge in [0.2, 0.25) is 0 Å². The maximum Gasteiger partial charge on any atom is 0.0558 e. The third-order valence-corrected chi connectivity index (χ3v) is 6.87. The number of aliphatic hydroxyl groups is 2. The van der Waals surface area contributed by atoms with Crippen LogP contribution in [0.4, 0.5) is 0 Å². The zero-order chi connectivity index (χ0) is 12.9. The fourth-order valence-electron chi connectivity index (χ4n) is 1.08. The van der Waals surface area contributed by atoms with Gasteiger partial charge >= 0.3 is 0 Å². The molecule has 2 nitrogen and oxygen atoms in total. The van der Waals surface area contributed by atoms with Crippen LogP contribution in [0.5, 0.6) is 0 Å². The van der Waals surface area contributed by atoms with Crippen molar-refractivity contribution >= 4 is 58.5 Å². The van der Waals surface area contributed by atoms with Crippen molar-refractivity contribution in [3.05, 3.63) is 0 Å². The van der Waals surface area contributed by atoms with Crippen molar-refractivity contribution in [2.24, 2.45) is 0 Å². The van der Waals surface area contributed by atoms with E-state index in [9.17, 15) is 5.11 Å². The van der Waals surface area contributed by atoms with Crippen molar-refractivity contribution in [2.45, 2.75) is 10.5 Å². The highest BCUT2D eigenvalue weighted by Crippen LogP contribution is 2.25. The standard InChI is InChI=1S/C10H20Cl2O2S3/c11-1-3-15-7-9(5-12)17-10(6-14)8-16-4-2-13/h9-10,13-14H,1-8H2. The minimum atomic E-state index is 0.163. The number of thioether (sulfide) groups is 3. The Labute approximate surface area is 127 Å². The van der Waals surface area contributed by atoms with Gasteiger partial charge in [-0.05, 0) is 0 Å². The van der Waals surface area contributed by atoms with E-state index in [1.807, 2.05) is 0 Å². The third kappa shape index (κ3) is 11.1. The average molecular weight is 339 g/mol. The first-order valence-electron chi connectivity index (χ1n) is 5.43. The van der Waals surface area contributed by atoms with Crippen LogP contribution in [0.3, 0.4) is 0 Å². The molecule has 0 aromatic carbocycles. The zero-order valence-corrected chi connectivity index (χ0v) is 13.6. The monoisotopic (exact) mass is 338 g/mol. The molecule has 104 valence electrons. The Bertz CT molecular complexity index is 150. The molecule has 0 amide bonds. The maximum atomic E-state index is 9.27. The molecule has 0 fully saturated rings. The van der Waals surface area contributed by atoms with Gasteiger partial charge in [-0.1, -0.05) is 0 Å². The predicted octanol–water partition coefficient (Wildman–Crippen LogP) is 2.39. The van der Waals surface area contributed by atoms with Crippen LogP contribution in [-0.2, 0) is 0 Å². The summed E-state index contributed by atoms with van der Waals surface area (Å²) in [5.41, 5.74) is 0. The van der Waals surface area contributed by atoms with Crippen LogP contribution in [0.2, 0.25) is 0 Å². The molecule has 0 aromatic rings. The van der Waals surface area contributed by atoms with Gasteiger partial charge in [-0.15, -0.1) is 35.0 Å². The number of alkyl halides is 2. The molecule has 0 aliphatic carbocycles. The molecule has 0 saturated carbocycles. The van der Waals surface area contributed by atoms with Crippen molar-refractivity contribution in [1.82, 2.24) is 0 Å². The SMILES string of the molecule is OCCSCC(CO)SC(CCl)CSCCCl. The van der Waals surface area contributed by atoms with Gasteiger partial charge in [0.15, 0.2) is 0 Å². The summed E-state index contributed by atoms with van der Waals surface area (Å²) in [4.78, 5) is 0. The lowest BCUT2D eigenvalue weighted by Gasteiger charge is -2.19. The first-order chi connectivity index (χ1) is 8.28. The van der Waals surface area contributed by atoms with Crippen LogP contribution in [0.1, 0.15) is 0 Å². The lowest BCUT2D eigenvalue weighted by molar-refractivity contribution is 0.300. The molecular weight excluding hydrogens is 319 g/mol. The van der Waals surface area contributed by atoms with E-state index in [4.69, 9.17) is 28.3 Å². The molecule has 2 unspecified atom stereocenters. The highest BCUT2D eigenvalue weighted by molar-refractivity contribution is 8.05. The van der Waals surface area contributed by atoms with Crippen LogP contribution < -0.4 is 0 Å². The summed E-state index contributed by atoms with van der Waals surface area (Å²) in [5, 5.41) is 18.5. The van der Waals surface area contributed by atoms with E-state index in [0.29, 0.717) is 17.0 Å². The van der Waals surface area contributed by atoms with Crippen molar-refractivity contribution in [1.29, 1.82) is 0 Å². The first-order valence-corrected chi connectivity index (χ1v) is 9.75. The number of hydrogen-bond donors (Lipinski definition) is 2. The molecule has 0 spiro atoms. The Morgan fingerprint density at radius 1 is 0.941 bits per heavy atom. The van der Waals surface area contributed by atoms with Crippen molar-refractivity contribution in [3.63, 3.8) is 0 Å². The van der Waals surface area contributed by atoms with E-state index in [1.165, 1.54) is 0 Å². The molecule has 0 aliphatic rings. The molecule has 0 bridgehead atoms. The second-order valence-electron chi connectivity index (χ2n) is 3.28. The summed E-state index contributed by atoms with van der Waals surface area (Å²) in [7, 11) is 0. The number of halogens is 2. The summed E-state index contributed by atoms with van der Waals surface area (Å²) in [6.45, 7) is 0.356. The number of aliphatic hydroxyl groups excluding tert-OH is 2. The Hall–Kier alpha value is 1.55. The summed E-state index contributed by atoms with van der Waals surface area (Å²) in [6, 6.07) is 0. The third-order valence-electron chi connectivity index (χ3n) is 1.83. The second-order valence-corrected chi connectivity index (χ2v) is 7.87. The van der Waals surface area contributed by atoms with Crippen LogP contribution in [0.25, 0.3) is 0 Å². The summed E-state index contributed by atoms with van der Waals surface area (Å²) in [6.07, 6.45) is 0. The molecule has 0 heterocycles. The Morgan fingerprint density at radius 2 is 1.59 bits per heavy atom. The molecule has 17 heavy (non-hydrogen) atoms. The molecule has 0 aliphatic heterocycles. The van der Waals surface area contributed by atoms with Crippen molar-refractivity contribution in [2.75, 3.05) is 48.0 Å². The topological polar surface area (TPSA) is 40.5 Å². The summed E-state index contributed by atoms with van der Waals surface area (Å²) in [5.74, 6) is 4.76. The zero-order valence-electron chi connectivity index (χ0n) is 9.69. The van der Waals surface area contributed by atoms with Gasteiger partial charge in [0.05, 0.1) is 13.2 Å². The second kappa shape index (κ2) is 14.0. The fourth-order valence-corrected chi connectivity index (χ4v) is 5.09. The normalized spacial score (nSPS) is 14.8. The quantitative estimate of drug-likeness (QED) is 0.422. The maximum absolute atomic E-state index is 9.27. The number of rotatable bonds is 12. The van der Waals surface area contributed by atoms with E-state index in [-0.39, 0.29) is 18.5 Å². The van der Waals surface area contributed by atoms with E-state index in [0.717, 1.165) is 23.0 Å². The fraction of sp³-hybridized carbons (Fsp3) is 1.00. The minimum Gasteiger partial charge on any atom is -0.396 e. The summed E-state index contributed by atoms with van der Waals surface area (Å²) >= 11 is 16.7. The minimum absolute atomic E-state index is 0.163. The Balaban J connectivity index is 3.77. The van der Waals surface area contributed by atoms with Gasteiger partial charge in [-0.3, -0.25) is 0 Å². The molecule has 0 rings (SSSR count). The van der Waals surface area contributed by atoms with Gasteiger partial charge in [0.25, 0.3) is 0 Å². The van der Waals surface area contributed by atoms with Crippen LogP contribution in [0, 0.1) is 0 Å². The van der Waals surface area contributed by atoms with Gasteiger partial charge in [0.1, 0.15) is 0 Å². The predicted molar refractivity (Wildman–Crippen MR) is 85.4 cm³/mol. The highest BCUT2D eigenvalue weighted by Gasteiger charge is 2.16. The molecule has 2 atom stereocenters. The molecule has 2 N–H and O–H groups in total. The largest absolute Gasteiger partial charge is 0.396 e. The van der Waals surface area contributed by atoms with Crippen molar-refractivity contribution < 1.29 is 10.2 Å². The van der Waals surface area contributed by atoms with E-state index >= 15 is 0 Å². The van der Waals surface area contributed by atoms with Gasteiger partial charge in [-0.25, -0.2) is 0 Å². The van der Waals surface area contributed by atoms with Crippen LogP contribution >= 0.6 is 58.5 Å². The molecular formula is C10H20Cl2O2S3. The first kappa shape index (κ1) is 18.6. The van der Waals surface area contributed by atoms with Crippen LogP contribution in [0.15, 0.2) is 0 Å². The van der Waals surface area contributed by atoms with Gasteiger partial charge in [0, 0.05) is 45.3 Å².